The third-order valence-electron chi connectivity index (χ3n) is 3.70. The number of esters is 1. The maximum atomic E-state index is 11.0. The summed E-state index contributed by atoms with van der Waals surface area (Å²) >= 11 is 6.02. The van der Waals surface area contributed by atoms with Crippen LogP contribution in [0.1, 0.15) is 37.7 Å². The highest BCUT2D eigenvalue weighted by atomic mass is 35.5. The van der Waals surface area contributed by atoms with Gasteiger partial charge in [-0.3, -0.25) is 9.79 Å². The van der Waals surface area contributed by atoms with E-state index in [4.69, 9.17) is 11.6 Å². The van der Waals surface area contributed by atoms with Gasteiger partial charge in [-0.05, 0) is 30.5 Å². The monoisotopic (exact) mass is 353 g/mol. The minimum absolute atomic E-state index is 0.129. The maximum Gasteiger partial charge on any atom is 0.305 e. The Bertz CT molecular complexity index is 535. The molecule has 0 fully saturated rings. The molecular weight excluding hydrogens is 326 g/mol. The minimum Gasteiger partial charge on any atom is -0.469 e. The van der Waals surface area contributed by atoms with Gasteiger partial charge in [0.2, 0.25) is 0 Å². The maximum absolute atomic E-state index is 11.0. The van der Waals surface area contributed by atoms with Crippen LogP contribution in [0.4, 0.5) is 0 Å². The fourth-order valence-electron chi connectivity index (χ4n) is 2.42. The number of nitrogens with zero attached hydrogens (tertiary/aromatic N) is 2. The smallest absolute Gasteiger partial charge is 0.305 e. The van der Waals surface area contributed by atoms with E-state index in [0.29, 0.717) is 6.42 Å². The number of halogens is 1. The highest BCUT2D eigenvalue weighted by Crippen LogP contribution is 2.12. The van der Waals surface area contributed by atoms with Crippen LogP contribution in [0.3, 0.4) is 0 Å². The average Bonchev–Trinajstić information content (AvgIpc) is 2.57. The zero-order chi connectivity index (χ0) is 17.8. The molecule has 0 heterocycles. The molecule has 1 aromatic carbocycles. The lowest BCUT2D eigenvalue weighted by Gasteiger charge is -2.22. The standard InChI is InChI=1S/C18H28ClN3O2/c1-20-18(21-12-7-5-4-6-11-17(23)24-3)22(2)14-15-9-8-10-16(19)13-15/h8-10,13H,4-7,11-12,14H2,1-3H3,(H,20,21). The molecule has 1 N–H and O–H groups in total. The molecule has 0 saturated heterocycles. The molecule has 0 atom stereocenters. The SMILES string of the molecule is CN=C(NCCCCCCC(=O)OC)N(C)Cc1cccc(Cl)c1. The van der Waals surface area contributed by atoms with Crippen LogP contribution in [0, 0.1) is 0 Å². The van der Waals surface area contributed by atoms with Crippen LogP contribution >= 0.6 is 11.6 Å². The first-order valence-corrected chi connectivity index (χ1v) is 8.67. The highest BCUT2D eigenvalue weighted by molar-refractivity contribution is 6.30. The van der Waals surface area contributed by atoms with Crippen LogP contribution in [-0.4, -0.2) is 44.6 Å². The van der Waals surface area contributed by atoms with Crippen LogP contribution in [0.15, 0.2) is 29.3 Å². The number of hydrogen-bond donors (Lipinski definition) is 1. The van der Waals surface area contributed by atoms with Gasteiger partial charge in [-0.2, -0.15) is 0 Å². The van der Waals surface area contributed by atoms with E-state index in [2.05, 4.69) is 26.0 Å². The van der Waals surface area contributed by atoms with Crippen LogP contribution in [0.5, 0.6) is 0 Å². The summed E-state index contributed by atoms with van der Waals surface area (Å²) < 4.78 is 4.63. The Labute approximate surface area is 150 Å². The first-order chi connectivity index (χ1) is 11.6. The van der Waals surface area contributed by atoms with Gasteiger partial charge < -0.3 is 15.0 Å². The summed E-state index contributed by atoms with van der Waals surface area (Å²) in [6, 6.07) is 7.85. The van der Waals surface area contributed by atoms with Crippen LogP contribution in [0.2, 0.25) is 5.02 Å². The summed E-state index contributed by atoms with van der Waals surface area (Å²) in [5, 5.41) is 4.11. The van der Waals surface area contributed by atoms with E-state index >= 15 is 0 Å². The van der Waals surface area contributed by atoms with E-state index in [9.17, 15) is 4.79 Å². The molecule has 0 aliphatic carbocycles. The fourth-order valence-corrected chi connectivity index (χ4v) is 2.63. The number of nitrogens with one attached hydrogen (secondary N) is 1. The molecule has 0 spiro atoms. The molecule has 0 aromatic heterocycles. The number of aliphatic imine (C=N–C) groups is 1. The predicted molar refractivity (Wildman–Crippen MR) is 99.4 cm³/mol. The van der Waals surface area contributed by atoms with E-state index in [1.165, 1.54) is 7.11 Å². The zero-order valence-electron chi connectivity index (χ0n) is 14.8. The van der Waals surface area contributed by atoms with Gasteiger partial charge in [-0.15, -0.1) is 0 Å². The number of guanidine groups is 1. The summed E-state index contributed by atoms with van der Waals surface area (Å²) in [6.07, 6.45) is 4.56. The summed E-state index contributed by atoms with van der Waals surface area (Å²) in [5.74, 6) is 0.737. The Hall–Kier alpha value is -1.75. The van der Waals surface area contributed by atoms with Gasteiger partial charge in [0, 0.05) is 38.6 Å². The average molecular weight is 354 g/mol. The van der Waals surface area contributed by atoms with Gasteiger partial charge in [-0.25, -0.2) is 0 Å². The predicted octanol–water partition coefficient (Wildman–Crippen LogP) is 3.47. The van der Waals surface area contributed by atoms with Crippen molar-refractivity contribution >= 4 is 23.5 Å². The lowest BCUT2D eigenvalue weighted by molar-refractivity contribution is -0.140. The molecule has 0 bridgehead atoms. The third-order valence-corrected chi connectivity index (χ3v) is 3.94. The molecule has 134 valence electrons. The first kappa shape index (κ1) is 20.3. The quantitative estimate of drug-likeness (QED) is 0.319. The molecule has 5 nitrogen and oxygen atoms in total. The van der Waals surface area contributed by atoms with Crippen molar-refractivity contribution in [3.05, 3.63) is 34.9 Å². The van der Waals surface area contributed by atoms with E-state index < -0.39 is 0 Å². The number of benzene rings is 1. The normalized spacial score (nSPS) is 11.2. The molecule has 0 aliphatic rings. The minimum atomic E-state index is -0.129. The van der Waals surface area contributed by atoms with Crippen molar-refractivity contribution < 1.29 is 9.53 Å². The molecule has 24 heavy (non-hydrogen) atoms. The summed E-state index contributed by atoms with van der Waals surface area (Å²) in [7, 11) is 5.22. The number of methoxy groups -OCH3 is 1. The topological polar surface area (TPSA) is 53.9 Å². The van der Waals surface area contributed by atoms with Crippen LogP contribution in [0.25, 0.3) is 0 Å². The van der Waals surface area contributed by atoms with E-state index in [1.54, 1.807) is 7.05 Å². The number of ether oxygens (including phenoxy) is 1. The Morgan fingerprint density at radius 2 is 2.04 bits per heavy atom. The van der Waals surface area contributed by atoms with Crippen LogP contribution in [-0.2, 0) is 16.1 Å². The molecule has 0 saturated carbocycles. The Kier molecular flexibility index (Phi) is 9.92. The van der Waals surface area contributed by atoms with Crippen molar-refractivity contribution in [3.8, 4) is 0 Å². The van der Waals surface area contributed by atoms with Gasteiger partial charge in [0.05, 0.1) is 7.11 Å². The molecule has 0 radical (unpaired) electrons. The van der Waals surface area contributed by atoms with Crippen LogP contribution < -0.4 is 5.32 Å². The number of rotatable bonds is 9. The van der Waals surface area contributed by atoms with Crippen molar-refractivity contribution in [2.75, 3.05) is 27.7 Å². The van der Waals surface area contributed by atoms with Gasteiger partial charge in [-0.1, -0.05) is 36.6 Å². The zero-order valence-corrected chi connectivity index (χ0v) is 15.6. The van der Waals surface area contributed by atoms with Crippen molar-refractivity contribution in [1.29, 1.82) is 0 Å². The molecule has 0 aliphatic heterocycles. The Morgan fingerprint density at radius 3 is 2.71 bits per heavy atom. The first-order valence-electron chi connectivity index (χ1n) is 8.30. The second-order valence-corrected chi connectivity index (χ2v) is 6.14. The van der Waals surface area contributed by atoms with Gasteiger partial charge in [0.15, 0.2) is 5.96 Å². The lowest BCUT2D eigenvalue weighted by Crippen LogP contribution is -2.38. The number of carbonyl (C=O) groups excluding carboxylic acids is 1. The van der Waals surface area contributed by atoms with Crippen molar-refractivity contribution in [2.24, 2.45) is 4.99 Å². The Morgan fingerprint density at radius 1 is 1.29 bits per heavy atom. The van der Waals surface area contributed by atoms with E-state index in [0.717, 1.165) is 55.3 Å². The van der Waals surface area contributed by atoms with Crippen molar-refractivity contribution in [1.82, 2.24) is 10.2 Å². The summed E-state index contributed by atoms with van der Waals surface area (Å²) in [5.41, 5.74) is 1.15. The van der Waals surface area contributed by atoms with E-state index in [-0.39, 0.29) is 5.97 Å². The van der Waals surface area contributed by atoms with Gasteiger partial charge in [0.25, 0.3) is 0 Å². The Balaban J connectivity index is 2.23. The molecule has 1 aromatic rings. The molecule has 0 amide bonds. The van der Waals surface area contributed by atoms with E-state index in [1.807, 2.05) is 25.2 Å². The van der Waals surface area contributed by atoms with Crippen molar-refractivity contribution in [3.63, 3.8) is 0 Å². The van der Waals surface area contributed by atoms with Crippen molar-refractivity contribution in [2.45, 2.75) is 38.6 Å². The second kappa shape index (κ2) is 11.7. The summed E-state index contributed by atoms with van der Waals surface area (Å²) in [6.45, 7) is 1.62. The number of unbranched alkanes of at least 4 members (excludes halogenated alkanes) is 3. The second-order valence-electron chi connectivity index (χ2n) is 5.70. The highest BCUT2D eigenvalue weighted by Gasteiger charge is 2.06. The molecule has 6 heteroatoms. The largest absolute Gasteiger partial charge is 0.469 e. The molecule has 1 rings (SSSR count). The number of hydrogen-bond acceptors (Lipinski definition) is 3. The van der Waals surface area contributed by atoms with Gasteiger partial charge >= 0.3 is 5.97 Å². The molecular formula is C18H28ClN3O2. The molecule has 0 unspecified atom stereocenters. The summed E-state index contributed by atoms with van der Waals surface area (Å²) in [4.78, 5) is 17.4. The van der Waals surface area contributed by atoms with Gasteiger partial charge in [0.1, 0.15) is 0 Å². The number of carbonyl (C=O) groups is 1. The lowest BCUT2D eigenvalue weighted by atomic mass is 10.1. The third kappa shape index (κ3) is 8.20. The fraction of sp³-hybridized carbons (Fsp3) is 0.556.